The Labute approximate surface area is 191 Å². The summed E-state index contributed by atoms with van der Waals surface area (Å²) in [5.41, 5.74) is 2.92. The molecule has 1 saturated heterocycles. The summed E-state index contributed by atoms with van der Waals surface area (Å²) >= 11 is 6.59. The van der Waals surface area contributed by atoms with Crippen molar-refractivity contribution in [1.29, 1.82) is 0 Å². The highest BCUT2D eigenvalue weighted by Gasteiger charge is 2.43. The van der Waals surface area contributed by atoms with Crippen LogP contribution in [0.25, 0.3) is 27.5 Å². The lowest BCUT2D eigenvalue weighted by molar-refractivity contribution is -0.117. The fourth-order valence-corrected chi connectivity index (χ4v) is 4.73. The van der Waals surface area contributed by atoms with Crippen molar-refractivity contribution >= 4 is 45.4 Å². The number of benzene rings is 1. The van der Waals surface area contributed by atoms with E-state index in [1.807, 2.05) is 11.0 Å². The molecule has 0 bridgehead atoms. The van der Waals surface area contributed by atoms with E-state index in [0.29, 0.717) is 46.8 Å². The van der Waals surface area contributed by atoms with Gasteiger partial charge in [0.05, 0.1) is 28.2 Å². The number of anilines is 2. The molecule has 6 rings (SSSR count). The topological polar surface area (TPSA) is 90.4 Å². The highest BCUT2D eigenvalue weighted by atomic mass is 35.5. The first kappa shape index (κ1) is 20.4. The quantitative estimate of drug-likeness (QED) is 0.424. The summed E-state index contributed by atoms with van der Waals surface area (Å²) in [6.45, 7) is 2.86. The van der Waals surface area contributed by atoms with Crippen LogP contribution in [0.2, 0.25) is 5.02 Å². The average molecular weight is 472 g/mol. The maximum atomic E-state index is 15.6. The molecule has 170 valence electrons. The van der Waals surface area contributed by atoms with Gasteiger partial charge in [0.15, 0.2) is 11.6 Å². The third-order valence-corrected chi connectivity index (χ3v) is 6.61. The predicted molar refractivity (Wildman–Crippen MR) is 122 cm³/mol. The molecule has 4 heterocycles. The molecule has 1 saturated carbocycles. The van der Waals surface area contributed by atoms with E-state index in [9.17, 15) is 9.18 Å². The smallest absolute Gasteiger partial charge is 0.231 e. The molecule has 0 spiro atoms. The fourth-order valence-electron chi connectivity index (χ4n) is 4.43. The molecule has 33 heavy (non-hydrogen) atoms. The molecule has 3 N–H and O–H groups in total. The van der Waals surface area contributed by atoms with E-state index in [4.69, 9.17) is 11.6 Å². The largest absolute Gasteiger partial charge is 0.365 e. The Bertz CT molecular complexity index is 1390. The molecule has 2 aliphatic rings. The number of aromatic nitrogens is 4. The zero-order valence-corrected chi connectivity index (χ0v) is 18.2. The molecule has 0 unspecified atom stereocenters. The van der Waals surface area contributed by atoms with Crippen molar-refractivity contribution in [3.8, 4) is 11.1 Å². The van der Waals surface area contributed by atoms with Crippen molar-refractivity contribution in [3.05, 3.63) is 41.4 Å². The summed E-state index contributed by atoms with van der Waals surface area (Å²) < 4.78 is 30.3. The minimum atomic E-state index is -1.08. The summed E-state index contributed by atoms with van der Waals surface area (Å²) in [5, 5.41) is 18.1. The number of carbonyl (C=O) groups is 1. The van der Waals surface area contributed by atoms with E-state index in [2.05, 4.69) is 25.9 Å². The van der Waals surface area contributed by atoms with E-state index in [1.165, 1.54) is 0 Å². The SMILES string of the molecule is O=C(Nc1cc2cc(-c3c(Cl)c(F)c(N4CCNCC4)c4[nH]ncc34)ccn2n1)[C@@H]1C[C@@H]1F. The highest BCUT2D eigenvalue weighted by Crippen LogP contribution is 2.43. The van der Waals surface area contributed by atoms with Gasteiger partial charge in [-0.25, -0.2) is 13.3 Å². The van der Waals surface area contributed by atoms with E-state index >= 15 is 4.39 Å². The molecule has 1 aromatic carbocycles. The van der Waals surface area contributed by atoms with E-state index < -0.39 is 17.9 Å². The Morgan fingerprint density at radius 1 is 1.27 bits per heavy atom. The van der Waals surface area contributed by atoms with Crippen molar-refractivity contribution in [2.24, 2.45) is 5.92 Å². The van der Waals surface area contributed by atoms with Crippen LogP contribution in [0.3, 0.4) is 0 Å². The van der Waals surface area contributed by atoms with Crippen LogP contribution in [0.5, 0.6) is 0 Å². The van der Waals surface area contributed by atoms with E-state index in [0.717, 1.165) is 18.5 Å². The average Bonchev–Trinajstić information content (AvgIpc) is 3.18. The van der Waals surface area contributed by atoms with Crippen LogP contribution in [0.4, 0.5) is 20.3 Å². The number of nitrogens with one attached hydrogen (secondary N) is 3. The lowest BCUT2D eigenvalue weighted by Crippen LogP contribution is -2.44. The minimum Gasteiger partial charge on any atom is -0.365 e. The lowest BCUT2D eigenvalue weighted by Gasteiger charge is -2.30. The van der Waals surface area contributed by atoms with Gasteiger partial charge in [0.2, 0.25) is 5.91 Å². The Balaban J connectivity index is 1.41. The van der Waals surface area contributed by atoms with Gasteiger partial charge in [0.25, 0.3) is 0 Å². The molecule has 1 aliphatic carbocycles. The maximum Gasteiger partial charge on any atom is 0.231 e. The third-order valence-electron chi connectivity index (χ3n) is 6.25. The Morgan fingerprint density at radius 2 is 2.06 bits per heavy atom. The highest BCUT2D eigenvalue weighted by molar-refractivity contribution is 6.36. The van der Waals surface area contributed by atoms with Crippen molar-refractivity contribution < 1.29 is 13.6 Å². The Morgan fingerprint density at radius 3 is 2.82 bits per heavy atom. The number of hydrogen-bond acceptors (Lipinski definition) is 5. The number of hydrogen-bond donors (Lipinski definition) is 3. The molecule has 2 atom stereocenters. The molecular formula is C22H20ClF2N7O. The molecular weight excluding hydrogens is 452 g/mol. The van der Waals surface area contributed by atoms with Crippen LogP contribution in [0.15, 0.2) is 30.6 Å². The molecule has 8 nitrogen and oxygen atoms in total. The number of aromatic amines is 1. The molecule has 1 aliphatic heterocycles. The normalized spacial score (nSPS) is 20.5. The van der Waals surface area contributed by atoms with Crippen LogP contribution in [-0.4, -0.2) is 58.1 Å². The predicted octanol–water partition coefficient (Wildman–Crippen LogP) is 3.38. The standard InChI is InChI=1S/C22H20ClF2N7O/c23-18-17(14-10-27-29-20(14)21(19(18)25)31-5-2-26-3-6-31)11-1-4-32-12(7-11)8-16(30-32)28-22(33)13-9-15(13)24/h1,4,7-8,10,13,15,26H,2-3,5-6,9H2,(H,27,29)(H,28,30,33)/t13-,15+/m1/s1. The molecule has 11 heteroatoms. The first-order valence-electron chi connectivity index (χ1n) is 10.8. The number of halogens is 3. The molecule has 2 fully saturated rings. The summed E-state index contributed by atoms with van der Waals surface area (Å²) in [7, 11) is 0. The van der Waals surface area contributed by atoms with Crippen LogP contribution in [0, 0.1) is 11.7 Å². The number of carbonyl (C=O) groups excluding carboxylic acids is 1. The van der Waals surface area contributed by atoms with Crippen LogP contribution in [-0.2, 0) is 4.79 Å². The first-order valence-corrected chi connectivity index (χ1v) is 11.1. The van der Waals surface area contributed by atoms with Crippen molar-refractivity contribution in [3.63, 3.8) is 0 Å². The van der Waals surface area contributed by atoms with Gasteiger partial charge in [0.1, 0.15) is 11.9 Å². The Kier molecular flexibility index (Phi) is 4.73. The van der Waals surface area contributed by atoms with E-state index in [-0.39, 0.29) is 17.4 Å². The molecule has 1 amide bonds. The number of piperazine rings is 1. The van der Waals surface area contributed by atoms with Gasteiger partial charge < -0.3 is 15.5 Å². The van der Waals surface area contributed by atoms with Gasteiger partial charge in [-0.05, 0) is 24.1 Å². The molecule has 4 aromatic rings. The van der Waals surface area contributed by atoms with Gasteiger partial charge in [-0.2, -0.15) is 10.2 Å². The minimum absolute atomic E-state index is 0.0255. The van der Waals surface area contributed by atoms with Crippen molar-refractivity contribution in [2.45, 2.75) is 12.6 Å². The second-order valence-corrected chi connectivity index (χ2v) is 8.79. The maximum absolute atomic E-state index is 15.6. The number of nitrogens with zero attached hydrogens (tertiary/aromatic N) is 4. The third kappa shape index (κ3) is 3.41. The first-order chi connectivity index (χ1) is 16.0. The second-order valence-electron chi connectivity index (χ2n) is 8.41. The number of rotatable bonds is 4. The number of H-pyrrole nitrogens is 1. The van der Waals surface area contributed by atoms with Crippen LogP contribution >= 0.6 is 11.6 Å². The van der Waals surface area contributed by atoms with Crippen LogP contribution < -0.4 is 15.5 Å². The molecule has 3 aromatic heterocycles. The Hall–Kier alpha value is -3.24. The number of fused-ring (bicyclic) bond motifs is 2. The zero-order chi connectivity index (χ0) is 22.7. The fraction of sp³-hybridized carbons (Fsp3) is 0.318. The summed E-state index contributed by atoms with van der Waals surface area (Å²) in [6.07, 6.45) is 2.53. The molecule has 0 radical (unpaired) electrons. The van der Waals surface area contributed by atoms with E-state index in [1.54, 1.807) is 29.0 Å². The summed E-state index contributed by atoms with van der Waals surface area (Å²) in [5.74, 6) is -1.14. The van der Waals surface area contributed by atoms with Gasteiger partial charge >= 0.3 is 0 Å². The second kappa shape index (κ2) is 7.67. The lowest BCUT2D eigenvalue weighted by atomic mass is 10.0. The van der Waals surface area contributed by atoms with Gasteiger partial charge in [-0.1, -0.05) is 11.6 Å². The number of pyridine rings is 1. The summed E-state index contributed by atoms with van der Waals surface area (Å²) in [4.78, 5) is 14.0. The van der Waals surface area contributed by atoms with Crippen molar-refractivity contribution in [1.82, 2.24) is 25.1 Å². The zero-order valence-electron chi connectivity index (χ0n) is 17.4. The monoisotopic (exact) mass is 471 g/mol. The van der Waals surface area contributed by atoms with Gasteiger partial charge in [0, 0.05) is 49.4 Å². The summed E-state index contributed by atoms with van der Waals surface area (Å²) in [6, 6.07) is 5.28. The van der Waals surface area contributed by atoms with Gasteiger partial charge in [-0.3, -0.25) is 9.89 Å². The number of alkyl halides is 1. The number of amides is 1. The van der Waals surface area contributed by atoms with Crippen molar-refractivity contribution in [2.75, 3.05) is 36.4 Å². The van der Waals surface area contributed by atoms with Gasteiger partial charge in [-0.15, -0.1) is 0 Å². The van der Waals surface area contributed by atoms with Crippen LogP contribution in [0.1, 0.15) is 6.42 Å².